The summed E-state index contributed by atoms with van der Waals surface area (Å²) < 4.78 is 3.89. The zero-order valence-electron chi connectivity index (χ0n) is 14.9. The van der Waals surface area contributed by atoms with Crippen LogP contribution in [0, 0.1) is 0 Å². The zero-order valence-corrected chi connectivity index (χ0v) is 14.9. The lowest BCUT2D eigenvalue weighted by Gasteiger charge is -2.19. The van der Waals surface area contributed by atoms with Gasteiger partial charge in [-0.15, -0.1) is 0 Å². The van der Waals surface area contributed by atoms with Crippen molar-refractivity contribution in [1.82, 2.24) is 24.1 Å². The van der Waals surface area contributed by atoms with Crippen molar-refractivity contribution in [2.24, 2.45) is 0 Å². The molecule has 136 valence electrons. The van der Waals surface area contributed by atoms with E-state index in [-0.39, 0.29) is 5.91 Å². The van der Waals surface area contributed by atoms with E-state index in [9.17, 15) is 9.90 Å². The van der Waals surface area contributed by atoms with Crippen molar-refractivity contribution in [3.05, 3.63) is 53.7 Å². The van der Waals surface area contributed by atoms with Crippen molar-refractivity contribution in [1.29, 1.82) is 0 Å². The molecule has 0 saturated heterocycles. The molecule has 0 unspecified atom stereocenters. The van der Waals surface area contributed by atoms with Crippen LogP contribution in [-0.2, 0) is 24.3 Å². The predicted molar refractivity (Wildman–Crippen MR) is 96.4 cm³/mol. The molecule has 0 aliphatic carbocycles. The molecule has 1 amide bonds. The summed E-state index contributed by atoms with van der Waals surface area (Å²) in [5.74, 6) is 0.135. The molecule has 0 fully saturated rings. The molecule has 0 aromatic carbocycles. The lowest BCUT2D eigenvalue weighted by Crippen LogP contribution is -2.30. The minimum absolute atomic E-state index is 0.135. The third kappa shape index (κ3) is 3.35. The fraction of sp³-hybridized carbons (Fsp3) is 0.421. The van der Waals surface area contributed by atoms with Crippen molar-refractivity contribution in [2.45, 2.75) is 45.4 Å². The molecule has 1 aliphatic heterocycles. The number of fused-ring (bicyclic) bond motifs is 2. The number of hydrogen-bond acceptors (Lipinski definition) is 4. The van der Waals surface area contributed by atoms with Crippen LogP contribution in [0.4, 0.5) is 0 Å². The molecule has 26 heavy (non-hydrogen) atoms. The molecule has 0 saturated carbocycles. The van der Waals surface area contributed by atoms with Crippen LogP contribution in [0.5, 0.6) is 0 Å². The summed E-state index contributed by atoms with van der Waals surface area (Å²) >= 11 is 0. The maximum absolute atomic E-state index is 12.7. The number of aliphatic hydroxyl groups excluding tert-OH is 1. The molecule has 0 radical (unpaired) electrons. The fourth-order valence-electron chi connectivity index (χ4n) is 3.40. The van der Waals surface area contributed by atoms with E-state index in [1.165, 1.54) is 0 Å². The molecular weight excluding hydrogens is 330 g/mol. The van der Waals surface area contributed by atoms with Crippen LogP contribution >= 0.6 is 0 Å². The first-order valence-electron chi connectivity index (χ1n) is 9.05. The molecule has 3 aromatic rings. The lowest BCUT2D eigenvalue weighted by molar-refractivity contribution is -0.131. The Morgan fingerprint density at radius 3 is 3.04 bits per heavy atom. The SMILES string of the molecule is C[C@H](O)c1cc2n(n1)CCCN(C(=O)CCc1cn3ccccc3n1)C2. The number of carbonyl (C=O) groups is 1. The molecule has 1 aliphatic rings. The topological polar surface area (TPSA) is 75.7 Å². The summed E-state index contributed by atoms with van der Waals surface area (Å²) in [6, 6.07) is 7.78. The van der Waals surface area contributed by atoms with Gasteiger partial charge in [0, 0.05) is 31.9 Å². The van der Waals surface area contributed by atoms with E-state index in [0.29, 0.717) is 25.1 Å². The van der Waals surface area contributed by atoms with Crippen LogP contribution in [0.15, 0.2) is 36.7 Å². The quantitative estimate of drug-likeness (QED) is 0.778. The van der Waals surface area contributed by atoms with Gasteiger partial charge in [0.15, 0.2) is 0 Å². The number of hydrogen-bond donors (Lipinski definition) is 1. The minimum Gasteiger partial charge on any atom is -0.387 e. The Morgan fingerprint density at radius 1 is 1.35 bits per heavy atom. The Morgan fingerprint density at radius 2 is 2.23 bits per heavy atom. The first-order valence-corrected chi connectivity index (χ1v) is 9.05. The van der Waals surface area contributed by atoms with Gasteiger partial charge < -0.3 is 14.4 Å². The second-order valence-electron chi connectivity index (χ2n) is 6.83. The van der Waals surface area contributed by atoms with Crippen molar-refractivity contribution in [3.8, 4) is 0 Å². The number of amides is 1. The molecule has 7 heteroatoms. The summed E-state index contributed by atoms with van der Waals surface area (Å²) in [6.07, 6.45) is 5.30. The first-order chi connectivity index (χ1) is 12.6. The van der Waals surface area contributed by atoms with E-state index in [2.05, 4.69) is 10.1 Å². The molecule has 0 spiro atoms. The molecule has 0 bridgehead atoms. The van der Waals surface area contributed by atoms with E-state index in [1.807, 2.05) is 50.6 Å². The summed E-state index contributed by atoms with van der Waals surface area (Å²) in [4.78, 5) is 19.2. The van der Waals surface area contributed by atoms with Crippen molar-refractivity contribution >= 4 is 11.6 Å². The Balaban J connectivity index is 1.42. The molecule has 4 rings (SSSR count). The van der Waals surface area contributed by atoms with E-state index < -0.39 is 6.10 Å². The average Bonchev–Trinajstić information content (AvgIpc) is 3.17. The molecular formula is C19H23N5O2. The number of carbonyl (C=O) groups excluding carboxylic acids is 1. The van der Waals surface area contributed by atoms with Gasteiger partial charge in [0.2, 0.25) is 5.91 Å². The van der Waals surface area contributed by atoms with E-state index >= 15 is 0 Å². The second kappa shape index (κ2) is 6.92. The van der Waals surface area contributed by atoms with Gasteiger partial charge >= 0.3 is 0 Å². The highest BCUT2D eigenvalue weighted by atomic mass is 16.3. The summed E-state index contributed by atoms with van der Waals surface area (Å²) in [5, 5.41) is 14.2. The van der Waals surface area contributed by atoms with Gasteiger partial charge in [-0.25, -0.2) is 4.98 Å². The molecule has 7 nitrogen and oxygen atoms in total. The standard InChI is InChI=1S/C19H23N5O2/c1-14(25)17-11-16-13-23(9-4-10-24(16)21-17)19(26)7-6-15-12-22-8-3-2-5-18(22)20-15/h2-3,5,8,11-12,14,25H,4,6-7,9-10,13H2,1H3/t14-/m0/s1. The Bertz CT molecular complexity index is 894. The lowest BCUT2D eigenvalue weighted by atomic mass is 10.2. The van der Waals surface area contributed by atoms with E-state index in [0.717, 1.165) is 36.5 Å². The smallest absolute Gasteiger partial charge is 0.223 e. The van der Waals surface area contributed by atoms with Gasteiger partial charge in [0.05, 0.1) is 29.7 Å². The number of nitrogens with zero attached hydrogens (tertiary/aromatic N) is 5. The number of aryl methyl sites for hydroxylation is 2. The molecule has 4 heterocycles. The van der Waals surface area contributed by atoms with Crippen molar-refractivity contribution in [2.75, 3.05) is 6.54 Å². The highest BCUT2D eigenvalue weighted by Gasteiger charge is 2.21. The normalized spacial score (nSPS) is 15.7. The number of pyridine rings is 1. The third-order valence-corrected chi connectivity index (χ3v) is 4.82. The van der Waals surface area contributed by atoms with Crippen LogP contribution in [0.1, 0.15) is 43.0 Å². The third-order valence-electron chi connectivity index (χ3n) is 4.82. The van der Waals surface area contributed by atoms with Gasteiger partial charge in [0.25, 0.3) is 0 Å². The summed E-state index contributed by atoms with van der Waals surface area (Å²) in [5.41, 5.74) is 3.48. The number of aromatic nitrogens is 4. The maximum Gasteiger partial charge on any atom is 0.223 e. The average molecular weight is 353 g/mol. The van der Waals surface area contributed by atoms with E-state index in [4.69, 9.17) is 0 Å². The maximum atomic E-state index is 12.7. The Hall–Kier alpha value is -2.67. The fourth-order valence-corrected chi connectivity index (χ4v) is 3.40. The Kier molecular flexibility index (Phi) is 4.46. The van der Waals surface area contributed by atoms with Crippen molar-refractivity contribution in [3.63, 3.8) is 0 Å². The second-order valence-corrected chi connectivity index (χ2v) is 6.83. The van der Waals surface area contributed by atoms with Crippen LogP contribution in [0.25, 0.3) is 5.65 Å². The van der Waals surface area contributed by atoms with Crippen LogP contribution in [0.3, 0.4) is 0 Å². The predicted octanol–water partition coefficient (Wildman–Crippen LogP) is 1.95. The number of aliphatic hydroxyl groups is 1. The Labute approximate surface area is 151 Å². The van der Waals surface area contributed by atoms with E-state index in [1.54, 1.807) is 6.92 Å². The number of rotatable bonds is 4. The van der Waals surface area contributed by atoms with Gasteiger partial charge in [-0.1, -0.05) is 6.07 Å². The minimum atomic E-state index is -0.589. The highest BCUT2D eigenvalue weighted by Crippen LogP contribution is 2.18. The summed E-state index contributed by atoms with van der Waals surface area (Å²) in [6.45, 7) is 3.76. The zero-order chi connectivity index (χ0) is 18.1. The monoisotopic (exact) mass is 353 g/mol. The van der Waals surface area contributed by atoms with Gasteiger partial charge in [-0.2, -0.15) is 5.10 Å². The number of imidazole rings is 1. The van der Waals surface area contributed by atoms with Crippen molar-refractivity contribution < 1.29 is 9.90 Å². The van der Waals surface area contributed by atoms with Gasteiger partial charge in [-0.05, 0) is 38.0 Å². The first kappa shape index (κ1) is 16.8. The van der Waals surface area contributed by atoms with Gasteiger partial charge in [0.1, 0.15) is 5.65 Å². The van der Waals surface area contributed by atoms with Gasteiger partial charge in [-0.3, -0.25) is 9.48 Å². The molecule has 1 atom stereocenters. The van der Waals surface area contributed by atoms with Crippen LogP contribution in [-0.4, -0.2) is 41.6 Å². The highest BCUT2D eigenvalue weighted by molar-refractivity contribution is 5.76. The summed E-state index contributed by atoms with van der Waals surface area (Å²) in [7, 11) is 0. The van der Waals surface area contributed by atoms with Crippen LogP contribution in [0.2, 0.25) is 0 Å². The van der Waals surface area contributed by atoms with Crippen LogP contribution < -0.4 is 0 Å². The largest absolute Gasteiger partial charge is 0.387 e. The molecule has 3 aromatic heterocycles. The molecule has 1 N–H and O–H groups in total.